The summed E-state index contributed by atoms with van der Waals surface area (Å²) in [5, 5.41) is 11.2. The highest BCUT2D eigenvalue weighted by molar-refractivity contribution is 5.91. The lowest BCUT2D eigenvalue weighted by atomic mass is 10.2. The van der Waals surface area contributed by atoms with Crippen LogP contribution in [0.15, 0.2) is 36.9 Å². The normalized spacial score (nSPS) is 9.65. The molecule has 5 nitrogen and oxygen atoms in total. The zero-order chi connectivity index (χ0) is 12.3. The first-order valence-corrected chi connectivity index (χ1v) is 4.69. The van der Waals surface area contributed by atoms with Gasteiger partial charge < -0.3 is 5.32 Å². The van der Waals surface area contributed by atoms with Crippen LogP contribution in [-0.4, -0.2) is 15.6 Å². The van der Waals surface area contributed by atoms with Crippen LogP contribution in [0.3, 0.4) is 0 Å². The fourth-order valence-corrected chi connectivity index (χ4v) is 1.26. The molecule has 2 aromatic rings. The number of carbonyl (C=O) groups is 1. The molecule has 17 heavy (non-hydrogen) atoms. The topological polar surface area (TPSA) is 70.7 Å². The summed E-state index contributed by atoms with van der Waals surface area (Å²) < 4.78 is 14.3. The summed E-state index contributed by atoms with van der Waals surface area (Å²) in [6, 6.07) is 5.04. The first-order chi connectivity index (χ1) is 8.20. The zero-order valence-corrected chi connectivity index (χ0v) is 8.59. The molecule has 0 fully saturated rings. The smallest absolute Gasteiger partial charge is 0.307 e. The van der Waals surface area contributed by atoms with Gasteiger partial charge in [0.25, 0.3) is 0 Å². The van der Waals surface area contributed by atoms with Crippen LogP contribution >= 0.6 is 0 Å². The summed E-state index contributed by atoms with van der Waals surface area (Å²) in [7, 11) is 0. The summed E-state index contributed by atoms with van der Waals surface area (Å²) in [6.45, 7) is 0. The minimum Gasteiger partial charge on any atom is -0.307 e. The number of halogens is 1. The predicted octanol–water partition coefficient (Wildman–Crippen LogP) is 1.97. The van der Waals surface area contributed by atoms with Crippen LogP contribution in [0.1, 0.15) is 5.56 Å². The number of rotatable bonds is 1. The van der Waals surface area contributed by atoms with Gasteiger partial charge in [0.15, 0.2) is 0 Å². The van der Waals surface area contributed by atoms with Crippen molar-refractivity contribution in [1.29, 1.82) is 5.26 Å². The first kappa shape index (κ1) is 10.8. The number of carbonyl (C=O) groups excluding carboxylic acids is 1. The van der Waals surface area contributed by atoms with Gasteiger partial charge in [0.1, 0.15) is 18.2 Å². The molecular weight excluding hydrogens is 223 g/mol. The summed E-state index contributed by atoms with van der Waals surface area (Å²) in [6.07, 6.45) is 4.28. The average molecular weight is 230 g/mol. The van der Waals surface area contributed by atoms with Crippen LogP contribution in [0.25, 0.3) is 0 Å². The van der Waals surface area contributed by atoms with Gasteiger partial charge in [-0.1, -0.05) is 0 Å². The van der Waals surface area contributed by atoms with E-state index in [0.717, 1.165) is 6.07 Å². The number of nitrogens with one attached hydrogen (secondary N) is 1. The van der Waals surface area contributed by atoms with E-state index in [2.05, 4.69) is 10.3 Å². The molecule has 0 saturated heterocycles. The summed E-state index contributed by atoms with van der Waals surface area (Å²) in [4.78, 5) is 15.3. The Hall–Kier alpha value is -2.68. The molecule has 0 aliphatic heterocycles. The quantitative estimate of drug-likeness (QED) is 0.814. The standard InChI is InChI=1S/C11H7FN4O/c12-10-2-1-9(5-8(10)6-13)15-11(17)16-4-3-14-7-16/h1-5,7H,(H,15,17). The number of amides is 1. The van der Waals surface area contributed by atoms with Crippen molar-refractivity contribution in [3.05, 3.63) is 48.3 Å². The second-order valence-electron chi connectivity index (χ2n) is 3.21. The predicted molar refractivity (Wildman–Crippen MR) is 57.8 cm³/mol. The molecule has 0 spiro atoms. The van der Waals surface area contributed by atoms with Crippen molar-refractivity contribution in [1.82, 2.24) is 9.55 Å². The molecular formula is C11H7FN4O. The fraction of sp³-hybridized carbons (Fsp3) is 0. The van der Waals surface area contributed by atoms with Crippen LogP contribution in [0.4, 0.5) is 14.9 Å². The second-order valence-corrected chi connectivity index (χ2v) is 3.21. The molecule has 1 N–H and O–H groups in total. The van der Waals surface area contributed by atoms with E-state index in [0.29, 0.717) is 5.69 Å². The molecule has 84 valence electrons. The third kappa shape index (κ3) is 2.29. The Bertz CT molecular complexity index is 586. The highest BCUT2D eigenvalue weighted by Gasteiger charge is 2.07. The Kier molecular flexibility index (Phi) is 2.83. The molecule has 1 heterocycles. The Labute approximate surface area is 96.1 Å². The molecule has 1 aromatic heterocycles. The van der Waals surface area contributed by atoms with Crippen molar-refractivity contribution in [2.75, 3.05) is 5.32 Å². The van der Waals surface area contributed by atoms with Crippen LogP contribution < -0.4 is 5.32 Å². The molecule has 0 unspecified atom stereocenters. The van der Waals surface area contributed by atoms with Gasteiger partial charge in [-0.15, -0.1) is 0 Å². The van der Waals surface area contributed by atoms with Gasteiger partial charge in [-0.2, -0.15) is 5.26 Å². The third-order valence-electron chi connectivity index (χ3n) is 2.08. The molecule has 0 saturated carbocycles. The monoisotopic (exact) mass is 230 g/mol. The fourth-order valence-electron chi connectivity index (χ4n) is 1.26. The summed E-state index contributed by atoms with van der Waals surface area (Å²) in [5.74, 6) is -0.617. The lowest BCUT2D eigenvalue weighted by molar-refractivity contribution is 0.253. The van der Waals surface area contributed by atoms with Gasteiger partial charge in [-0.3, -0.25) is 4.57 Å². The lowest BCUT2D eigenvalue weighted by Gasteiger charge is -2.05. The number of benzene rings is 1. The maximum atomic E-state index is 13.0. The van der Waals surface area contributed by atoms with E-state index in [1.54, 1.807) is 6.07 Å². The molecule has 0 bridgehead atoms. The maximum absolute atomic E-state index is 13.0. The number of hydrogen-bond acceptors (Lipinski definition) is 3. The highest BCUT2D eigenvalue weighted by atomic mass is 19.1. The highest BCUT2D eigenvalue weighted by Crippen LogP contribution is 2.14. The SMILES string of the molecule is N#Cc1cc(NC(=O)n2ccnc2)ccc1F. The Balaban J connectivity index is 2.20. The number of imidazole rings is 1. The van der Waals surface area contributed by atoms with Crippen molar-refractivity contribution in [2.45, 2.75) is 0 Å². The molecule has 6 heteroatoms. The van der Waals surface area contributed by atoms with Gasteiger partial charge in [-0.25, -0.2) is 14.2 Å². The minimum absolute atomic E-state index is 0.117. The molecule has 0 radical (unpaired) electrons. The van der Waals surface area contributed by atoms with Gasteiger partial charge in [-0.05, 0) is 18.2 Å². The number of hydrogen-bond donors (Lipinski definition) is 1. The Morgan fingerprint density at radius 3 is 3.00 bits per heavy atom. The van der Waals surface area contributed by atoms with Crippen molar-refractivity contribution in [3.8, 4) is 6.07 Å². The van der Waals surface area contributed by atoms with Gasteiger partial charge >= 0.3 is 6.03 Å². The maximum Gasteiger partial charge on any atom is 0.331 e. The lowest BCUT2D eigenvalue weighted by Crippen LogP contribution is -2.17. The molecule has 0 atom stereocenters. The van der Waals surface area contributed by atoms with Gasteiger partial charge in [0, 0.05) is 18.1 Å². The minimum atomic E-state index is -0.617. The van der Waals surface area contributed by atoms with E-state index >= 15 is 0 Å². The van der Waals surface area contributed by atoms with Crippen LogP contribution in [0.5, 0.6) is 0 Å². The van der Waals surface area contributed by atoms with Crippen molar-refractivity contribution >= 4 is 11.7 Å². The Morgan fingerprint density at radius 2 is 2.35 bits per heavy atom. The third-order valence-corrected chi connectivity index (χ3v) is 2.08. The number of nitriles is 1. The number of anilines is 1. The summed E-state index contributed by atoms with van der Waals surface area (Å²) in [5.41, 5.74) is 0.232. The van der Waals surface area contributed by atoms with E-state index in [-0.39, 0.29) is 5.56 Å². The molecule has 2 rings (SSSR count). The summed E-state index contributed by atoms with van der Waals surface area (Å²) >= 11 is 0. The largest absolute Gasteiger partial charge is 0.331 e. The van der Waals surface area contributed by atoms with Crippen LogP contribution in [-0.2, 0) is 0 Å². The van der Waals surface area contributed by atoms with Gasteiger partial charge in [0.2, 0.25) is 0 Å². The molecule has 1 aromatic carbocycles. The van der Waals surface area contributed by atoms with Crippen molar-refractivity contribution < 1.29 is 9.18 Å². The van der Waals surface area contributed by atoms with Crippen LogP contribution in [0, 0.1) is 17.1 Å². The molecule has 0 aliphatic carbocycles. The average Bonchev–Trinajstić information content (AvgIpc) is 2.85. The van der Waals surface area contributed by atoms with E-state index in [1.165, 1.54) is 35.4 Å². The van der Waals surface area contributed by atoms with Crippen LogP contribution in [0.2, 0.25) is 0 Å². The zero-order valence-electron chi connectivity index (χ0n) is 8.59. The number of nitrogens with zero attached hydrogens (tertiary/aromatic N) is 3. The molecule has 1 amide bonds. The molecule has 0 aliphatic rings. The van der Waals surface area contributed by atoms with Crippen molar-refractivity contribution in [2.24, 2.45) is 0 Å². The van der Waals surface area contributed by atoms with E-state index in [9.17, 15) is 9.18 Å². The van der Waals surface area contributed by atoms with E-state index in [4.69, 9.17) is 5.26 Å². The van der Waals surface area contributed by atoms with Crippen molar-refractivity contribution in [3.63, 3.8) is 0 Å². The first-order valence-electron chi connectivity index (χ1n) is 4.69. The van der Waals surface area contributed by atoms with Gasteiger partial charge in [0.05, 0.1) is 5.56 Å². The second kappa shape index (κ2) is 4.45. The Morgan fingerprint density at radius 1 is 1.53 bits per heavy atom. The van der Waals surface area contributed by atoms with E-state index in [1.807, 2.05) is 0 Å². The van der Waals surface area contributed by atoms with E-state index < -0.39 is 11.8 Å². The number of aromatic nitrogens is 2.